The largest absolute Gasteiger partial charge is 0.382 e. The van der Waals surface area contributed by atoms with E-state index in [1.165, 1.54) is 12.8 Å². The van der Waals surface area contributed by atoms with Crippen molar-refractivity contribution in [3.8, 4) is 11.3 Å². The number of benzene rings is 1. The molecule has 1 aromatic carbocycles. The van der Waals surface area contributed by atoms with E-state index in [9.17, 15) is 4.79 Å². The molecule has 1 aliphatic carbocycles. The van der Waals surface area contributed by atoms with E-state index in [1.54, 1.807) is 19.4 Å². The van der Waals surface area contributed by atoms with Crippen LogP contribution in [0, 0.1) is 0 Å². The van der Waals surface area contributed by atoms with E-state index >= 15 is 0 Å². The van der Waals surface area contributed by atoms with Crippen LogP contribution < -0.4 is 10.6 Å². The molecule has 1 saturated carbocycles. The second kappa shape index (κ2) is 8.76. The molecule has 2 amide bonds. The van der Waals surface area contributed by atoms with E-state index in [2.05, 4.69) is 36.9 Å². The molecular formula is C24H24N6O2. The molecule has 8 heteroatoms. The van der Waals surface area contributed by atoms with Crippen LogP contribution in [0.25, 0.3) is 22.2 Å². The lowest BCUT2D eigenvalue weighted by Crippen LogP contribution is -2.35. The van der Waals surface area contributed by atoms with Crippen LogP contribution in [0.2, 0.25) is 0 Å². The Kier molecular flexibility index (Phi) is 5.51. The number of fused-ring (bicyclic) bond motifs is 1. The number of hydrogen-bond acceptors (Lipinski definition) is 5. The molecule has 162 valence electrons. The van der Waals surface area contributed by atoms with Crippen molar-refractivity contribution >= 4 is 22.8 Å². The summed E-state index contributed by atoms with van der Waals surface area (Å²) in [4.78, 5) is 21.5. The molecule has 5 rings (SSSR count). The monoisotopic (exact) mass is 428 g/mol. The first-order chi connectivity index (χ1) is 15.7. The first-order valence-electron chi connectivity index (χ1n) is 10.6. The van der Waals surface area contributed by atoms with Gasteiger partial charge in [0.1, 0.15) is 11.5 Å². The Hall–Kier alpha value is -3.78. The summed E-state index contributed by atoms with van der Waals surface area (Å²) in [6.07, 6.45) is 5.96. The summed E-state index contributed by atoms with van der Waals surface area (Å²) in [5.41, 5.74) is 4.72. The van der Waals surface area contributed by atoms with Crippen molar-refractivity contribution < 1.29 is 9.53 Å². The number of amides is 2. The van der Waals surface area contributed by atoms with Crippen molar-refractivity contribution in [1.29, 1.82) is 0 Å². The van der Waals surface area contributed by atoms with Crippen LogP contribution in [-0.2, 0) is 4.74 Å². The van der Waals surface area contributed by atoms with Crippen LogP contribution in [0.15, 0.2) is 60.9 Å². The van der Waals surface area contributed by atoms with Crippen LogP contribution in [0.4, 0.5) is 10.6 Å². The average molecular weight is 428 g/mol. The predicted octanol–water partition coefficient (Wildman–Crippen LogP) is 4.41. The quantitative estimate of drug-likeness (QED) is 0.404. The number of aromatic amines is 1. The van der Waals surface area contributed by atoms with Crippen molar-refractivity contribution in [1.82, 2.24) is 25.5 Å². The van der Waals surface area contributed by atoms with Gasteiger partial charge in [0, 0.05) is 48.1 Å². The molecule has 3 N–H and O–H groups in total. The second-order valence-corrected chi connectivity index (χ2v) is 7.95. The summed E-state index contributed by atoms with van der Waals surface area (Å²) >= 11 is 0. The third kappa shape index (κ3) is 4.31. The smallest absolute Gasteiger partial charge is 0.320 e. The molecule has 4 aromatic rings. The third-order valence-electron chi connectivity index (χ3n) is 5.58. The zero-order valence-electron chi connectivity index (χ0n) is 17.7. The molecule has 0 unspecified atom stereocenters. The van der Waals surface area contributed by atoms with E-state index in [1.807, 2.05) is 42.6 Å². The van der Waals surface area contributed by atoms with Gasteiger partial charge in [-0.15, -0.1) is 0 Å². The normalized spacial score (nSPS) is 14.3. The molecule has 0 bridgehead atoms. The topological polar surface area (TPSA) is 105 Å². The number of aromatic nitrogens is 4. The van der Waals surface area contributed by atoms with Crippen molar-refractivity contribution in [2.75, 3.05) is 19.0 Å². The van der Waals surface area contributed by atoms with Crippen molar-refractivity contribution in [2.45, 2.75) is 24.8 Å². The van der Waals surface area contributed by atoms with Crippen molar-refractivity contribution in [3.05, 3.63) is 72.2 Å². The number of nitrogens with zero attached hydrogens (tertiary/aromatic N) is 3. The second-order valence-electron chi connectivity index (χ2n) is 7.95. The SMILES string of the molecule is COC[C@@H](NC(=O)Nc1cc2[nH]nc(-c3ccnc(C4CC4)c3)c2cn1)c1ccccc1. The molecule has 1 aliphatic rings. The Labute approximate surface area is 185 Å². The Morgan fingerprint density at radius 2 is 2.03 bits per heavy atom. The van der Waals surface area contributed by atoms with Crippen LogP contribution in [0.1, 0.15) is 36.1 Å². The van der Waals surface area contributed by atoms with Crippen LogP contribution in [0.5, 0.6) is 0 Å². The number of H-pyrrole nitrogens is 1. The molecule has 0 saturated heterocycles. The first kappa shape index (κ1) is 20.1. The fourth-order valence-electron chi connectivity index (χ4n) is 3.78. The Balaban J connectivity index is 1.32. The van der Waals surface area contributed by atoms with Crippen molar-refractivity contribution in [3.63, 3.8) is 0 Å². The van der Waals surface area contributed by atoms with E-state index in [-0.39, 0.29) is 12.1 Å². The molecule has 1 atom stereocenters. The molecule has 3 aromatic heterocycles. The van der Waals surface area contributed by atoms with Crippen molar-refractivity contribution in [2.24, 2.45) is 0 Å². The maximum Gasteiger partial charge on any atom is 0.320 e. The molecule has 0 aliphatic heterocycles. The molecule has 3 heterocycles. The molecular weight excluding hydrogens is 404 g/mol. The highest BCUT2D eigenvalue weighted by Gasteiger charge is 2.25. The zero-order chi connectivity index (χ0) is 21.9. The molecule has 1 fully saturated rings. The fraction of sp³-hybridized carbons (Fsp3) is 0.250. The lowest BCUT2D eigenvalue weighted by atomic mass is 10.1. The van der Waals surface area contributed by atoms with Gasteiger partial charge < -0.3 is 10.1 Å². The van der Waals surface area contributed by atoms with E-state index in [4.69, 9.17) is 4.74 Å². The van der Waals surface area contributed by atoms with Gasteiger partial charge >= 0.3 is 6.03 Å². The molecule has 32 heavy (non-hydrogen) atoms. The number of carbonyl (C=O) groups excluding carboxylic acids is 1. The minimum absolute atomic E-state index is 0.268. The highest BCUT2D eigenvalue weighted by molar-refractivity contribution is 5.95. The van der Waals surface area contributed by atoms with Gasteiger partial charge in [-0.05, 0) is 30.5 Å². The van der Waals surface area contributed by atoms with Crippen LogP contribution >= 0.6 is 0 Å². The Morgan fingerprint density at radius 1 is 1.19 bits per heavy atom. The third-order valence-corrected chi connectivity index (χ3v) is 5.58. The Morgan fingerprint density at radius 3 is 2.81 bits per heavy atom. The van der Waals surface area contributed by atoms with Gasteiger partial charge in [-0.2, -0.15) is 5.10 Å². The zero-order valence-corrected chi connectivity index (χ0v) is 17.7. The van der Waals surface area contributed by atoms with Crippen LogP contribution in [-0.4, -0.2) is 39.9 Å². The maximum atomic E-state index is 12.6. The number of anilines is 1. The Bertz CT molecular complexity index is 1240. The fourth-order valence-corrected chi connectivity index (χ4v) is 3.78. The summed E-state index contributed by atoms with van der Waals surface area (Å²) in [7, 11) is 1.61. The van der Waals surface area contributed by atoms with E-state index in [0.717, 1.165) is 33.4 Å². The summed E-state index contributed by atoms with van der Waals surface area (Å²) in [6, 6.07) is 14.9. The summed E-state index contributed by atoms with van der Waals surface area (Å²) in [5.74, 6) is 1.01. The number of rotatable bonds is 7. The van der Waals surface area contributed by atoms with Gasteiger partial charge in [0.25, 0.3) is 0 Å². The summed E-state index contributed by atoms with van der Waals surface area (Å²) in [6.45, 7) is 0.364. The molecule has 0 radical (unpaired) electrons. The average Bonchev–Trinajstić information content (AvgIpc) is 3.59. The number of nitrogens with one attached hydrogen (secondary N) is 3. The number of urea groups is 1. The van der Waals surface area contributed by atoms with Crippen LogP contribution in [0.3, 0.4) is 0 Å². The van der Waals surface area contributed by atoms with Gasteiger partial charge in [-0.3, -0.25) is 15.4 Å². The number of pyridine rings is 2. The molecule has 8 nitrogen and oxygen atoms in total. The number of methoxy groups -OCH3 is 1. The van der Waals surface area contributed by atoms with Gasteiger partial charge in [0.2, 0.25) is 0 Å². The summed E-state index contributed by atoms with van der Waals surface area (Å²) < 4.78 is 5.26. The summed E-state index contributed by atoms with van der Waals surface area (Å²) in [5, 5.41) is 14.2. The number of ether oxygens (including phenoxy) is 1. The number of hydrogen-bond donors (Lipinski definition) is 3. The van der Waals surface area contributed by atoms with Gasteiger partial charge in [-0.1, -0.05) is 30.3 Å². The highest BCUT2D eigenvalue weighted by Crippen LogP contribution is 2.40. The number of carbonyl (C=O) groups is 1. The molecule has 0 spiro atoms. The van der Waals surface area contributed by atoms with Gasteiger partial charge in [0.15, 0.2) is 0 Å². The van der Waals surface area contributed by atoms with Gasteiger partial charge in [0.05, 0.1) is 18.2 Å². The first-order valence-corrected chi connectivity index (χ1v) is 10.6. The van der Waals surface area contributed by atoms with E-state index < -0.39 is 0 Å². The lowest BCUT2D eigenvalue weighted by molar-refractivity contribution is 0.168. The minimum Gasteiger partial charge on any atom is -0.382 e. The van der Waals surface area contributed by atoms with E-state index in [0.29, 0.717) is 18.3 Å². The standard InChI is InChI=1S/C24H24N6O2/c1-32-14-21(15-5-3-2-4-6-15)27-24(31)28-22-12-20-18(13-26-22)23(30-29-20)17-9-10-25-19(11-17)16-7-8-16/h2-6,9-13,16,21H,7-8,14H2,1H3,(H,29,30)(H2,26,27,28,31)/t21-/m1/s1. The predicted molar refractivity (Wildman–Crippen MR) is 122 cm³/mol. The highest BCUT2D eigenvalue weighted by atomic mass is 16.5. The minimum atomic E-state index is -0.356. The maximum absolute atomic E-state index is 12.6. The van der Waals surface area contributed by atoms with Gasteiger partial charge in [-0.25, -0.2) is 9.78 Å². The lowest BCUT2D eigenvalue weighted by Gasteiger charge is -2.18.